The standard InChI is InChI=1S/C16H22O3/c1-4-5-11-13(17)15-14(18-16(2,3)19-15)12-9-7-6-8-10-12/h6-10,14-15H,4-5,11H2,1-3H3. The van der Waals surface area contributed by atoms with E-state index in [-0.39, 0.29) is 11.9 Å². The quantitative estimate of drug-likeness (QED) is 0.812. The Hall–Kier alpha value is -1.19. The van der Waals surface area contributed by atoms with Gasteiger partial charge in [-0.15, -0.1) is 0 Å². The summed E-state index contributed by atoms with van der Waals surface area (Å²) in [5.74, 6) is -0.561. The Morgan fingerprint density at radius 2 is 1.89 bits per heavy atom. The summed E-state index contributed by atoms with van der Waals surface area (Å²) in [6.07, 6.45) is 1.70. The molecule has 0 saturated carbocycles. The zero-order chi connectivity index (χ0) is 13.9. The molecule has 1 saturated heterocycles. The Morgan fingerprint density at radius 3 is 2.53 bits per heavy atom. The van der Waals surface area contributed by atoms with Crippen molar-refractivity contribution in [3.63, 3.8) is 0 Å². The monoisotopic (exact) mass is 262 g/mol. The molecule has 1 heterocycles. The number of hydrogen-bond acceptors (Lipinski definition) is 3. The fourth-order valence-corrected chi connectivity index (χ4v) is 2.38. The number of rotatable bonds is 5. The highest BCUT2D eigenvalue weighted by Gasteiger charge is 2.45. The van der Waals surface area contributed by atoms with Crippen LogP contribution in [0.5, 0.6) is 0 Å². The molecule has 3 heteroatoms. The van der Waals surface area contributed by atoms with E-state index < -0.39 is 11.9 Å². The first-order valence-electron chi connectivity index (χ1n) is 6.97. The summed E-state index contributed by atoms with van der Waals surface area (Å²) < 4.78 is 11.7. The van der Waals surface area contributed by atoms with Crippen LogP contribution < -0.4 is 0 Å². The topological polar surface area (TPSA) is 35.5 Å². The molecule has 1 aliphatic heterocycles. The Bertz CT molecular complexity index is 425. The minimum Gasteiger partial charge on any atom is -0.339 e. The van der Waals surface area contributed by atoms with Gasteiger partial charge in [0.2, 0.25) is 0 Å². The van der Waals surface area contributed by atoms with Gasteiger partial charge in [-0.3, -0.25) is 4.79 Å². The normalized spacial score (nSPS) is 25.4. The smallest absolute Gasteiger partial charge is 0.164 e. The maximum atomic E-state index is 12.3. The Kier molecular flexibility index (Phi) is 4.38. The third-order valence-corrected chi connectivity index (χ3v) is 3.32. The first-order chi connectivity index (χ1) is 9.03. The number of carbonyl (C=O) groups excluding carboxylic acids is 1. The molecule has 2 rings (SSSR count). The molecule has 0 bridgehead atoms. The molecular weight excluding hydrogens is 240 g/mol. The summed E-state index contributed by atoms with van der Waals surface area (Å²) >= 11 is 0. The van der Waals surface area contributed by atoms with Crippen LogP contribution in [0, 0.1) is 0 Å². The lowest BCUT2D eigenvalue weighted by molar-refractivity contribution is -0.155. The van der Waals surface area contributed by atoms with E-state index in [9.17, 15) is 4.79 Å². The molecule has 0 aliphatic carbocycles. The van der Waals surface area contributed by atoms with E-state index in [1.54, 1.807) is 0 Å². The van der Waals surface area contributed by atoms with Crippen molar-refractivity contribution in [1.82, 2.24) is 0 Å². The lowest BCUT2D eigenvalue weighted by Crippen LogP contribution is -2.27. The number of hydrogen-bond donors (Lipinski definition) is 0. The zero-order valence-corrected chi connectivity index (χ0v) is 11.9. The predicted molar refractivity (Wildman–Crippen MR) is 73.8 cm³/mol. The van der Waals surface area contributed by atoms with Crippen molar-refractivity contribution in [2.24, 2.45) is 0 Å². The fraction of sp³-hybridized carbons (Fsp3) is 0.562. The van der Waals surface area contributed by atoms with Crippen molar-refractivity contribution in [2.45, 2.75) is 58.0 Å². The fourth-order valence-electron chi connectivity index (χ4n) is 2.38. The van der Waals surface area contributed by atoms with Gasteiger partial charge in [-0.2, -0.15) is 0 Å². The van der Waals surface area contributed by atoms with Crippen molar-refractivity contribution in [3.8, 4) is 0 Å². The maximum Gasteiger partial charge on any atom is 0.164 e. The molecule has 3 nitrogen and oxygen atoms in total. The third-order valence-electron chi connectivity index (χ3n) is 3.32. The van der Waals surface area contributed by atoms with Gasteiger partial charge in [0, 0.05) is 6.42 Å². The second-order valence-electron chi connectivity index (χ2n) is 5.46. The summed E-state index contributed by atoms with van der Waals surface area (Å²) in [5, 5.41) is 0. The SMILES string of the molecule is CCCCC(=O)C1OC(C)(C)OC1c1ccccc1. The van der Waals surface area contributed by atoms with Crippen LogP contribution in [-0.2, 0) is 14.3 Å². The average Bonchev–Trinajstić information content (AvgIpc) is 2.73. The first kappa shape index (κ1) is 14.2. The number of benzene rings is 1. The maximum absolute atomic E-state index is 12.3. The second-order valence-corrected chi connectivity index (χ2v) is 5.46. The molecule has 0 N–H and O–H groups in total. The third kappa shape index (κ3) is 3.43. The van der Waals surface area contributed by atoms with Crippen LogP contribution in [-0.4, -0.2) is 17.7 Å². The predicted octanol–water partition coefficient (Wildman–Crippen LogP) is 3.64. The van der Waals surface area contributed by atoms with E-state index in [1.807, 2.05) is 44.2 Å². The average molecular weight is 262 g/mol. The first-order valence-corrected chi connectivity index (χ1v) is 6.97. The molecule has 0 radical (unpaired) electrons. The molecule has 1 aromatic carbocycles. The molecule has 2 atom stereocenters. The molecule has 104 valence electrons. The van der Waals surface area contributed by atoms with Crippen LogP contribution >= 0.6 is 0 Å². The molecule has 1 fully saturated rings. The molecule has 1 aromatic rings. The number of carbonyl (C=O) groups is 1. The minimum atomic E-state index is -0.701. The van der Waals surface area contributed by atoms with Crippen molar-refractivity contribution in [3.05, 3.63) is 35.9 Å². The highest BCUT2D eigenvalue weighted by molar-refractivity contribution is 5.84. The van der Waals surface area contributed by atoms with E-state index in [2.05, 4.69) is 6.92 Å². The van der Waals surface area contributed by atoms with Crippen LogP contribution in [0.1, 0.15) is 51.7 Å². The molecule has 2 unspecified atom stereocenters. The molecule has 0 amide bonds. The summed E-state index contributed by atoms with van der Waals surface area (Å²) in [5.41, 5.74) is 1.00. The van der Waals surface area contributed by atoms with Gasteiger partial charge in [0.25, 0.3) is 0 Å². The van der Waals surface area contributed by atoms with Crippen LogP contribution in [0.2, 0.25) is 0 Å². The lowest BCUT2D eigenvalue weighted by Gasteiger charge is -2.16. The number of Topliss-reactive ketones (excluding diaryl/α,β-unsaturated/α-hetero) is 1. The van der Waals surface area contributed by atoms with Crippen LogP contribution in [0.3, 0.4) is 0 Å². The van der Waals surface area contributed by atoms with Gasteiger partial charge in [0.05, 0.1) is 0 Å². The Labute approximate surface area is 114 Å². The molecular formula is C16H22O3. The van der Waals surface area contributed by atoms with Gasteiger partial charge in [-0.05, 0) is 25.8 Å². The van der Waals surface area contributed by atoms with Crippen molar-refractivity contribution < 1.29 is 14.3 Å². The summed E-state index contributed by atoms with van der Waals surface area (Å²) in [6, 6.07) is 9.83. The van der Waals surface area contributed by atoms with Gasteiger partial charge in [-0.25, -0.2) is 0 Å². The Balaban J connectivity index is 2.17. The van der Waals surface area contributed by atoms with E-state index in [0.29, 0.717) is 6.42 Å². The largest absolute Gasteiger partial charge is 0.339 e. The highest BCUT2D eigenvalue weighted by atomic mass is 16.8. The minimum absolute atomic E-state index is 0.140. The number of ketones is 1. The van der Waals surface area contributed by atoms with Crippen LogP contribution in [0.4, 0.5) is 0 Å². The van der Waals surface area contributed by atoms with Gasteiger partial charge in [0.15, 0.2) is 11.6 Å². The van der Waals surface area contributed by atoms with Gasteiger partial charge >= 0.3 is 0 Å². The lowest BCUT2D eigenvalue weighted by atomic mass is 9.99. The van der Waals surface area contributed by atoms with Gasteiger partial charge < -0.3 is 9.47 Å². The van der Waals surface area contributed by atoms with E-state index in [0.717, 1.165) is 18.4 Å². The highest BCUT2D eigenvalue weighted by Crippen LogP contribution is 2.39. The number of ether oxygens (including phenoxy) is 2. The van der Waals surface area contributed by atoms with Gasteiger partial charge in [0.1, 0.15) is 12.2 Å². The zero-order valence-electron chi connectivity index (χ0n) is 11.9. The summed E-state index contributed by atoms with van der Waals surface area (Å²) in [6.45, 7) is 5.80. The van der Waals surface area contributed by atoms with Crippen LogP contribution in [0.25, 0.3) is 0 Å². The molecule has 0 spiro atoms. The van der Waals surface area contributed by atoms with Crippen molar-refractivity contribution in [1.29, 1.82) is 0 Å². The second kappa shape index (κ2) is 5.85. The summed E-state index contributed by atoms with van der Waals surface area (Å²) in [7, 11) is 0. The van der Waals surface area contributed by atoms with E-state index in [4.69, 9.17) is 9.47 Å². The number of unbranched alkanes of at least 4 members (excludes halogenated alkanes) is 1. The van der Waals surface area contributed by atoms with Crippen LogP contribution in [0.15, 0.2) is 30.3 Å². The molecule has 1 aliphatic rings. The van der Waals surface area contributed by atoms with Gasteiger partial charge in [-0.1, -0.05) is 43.7 Å². The summed E-state index contributed by atoms with van der Waals surface area (Å²) in [4.78, 5) is 12.3. The molecule has 19 heavy (non-hydrogen) atoms. The Morgan fingerprint density at radius 1 is 1.21 bits per heavy atom. The molecule has 0 aromatic heterocycles. The van der Waals surface area contributed by atoms with E-state index in [1.165, 1.54) is 0 Å². The van der Waals surface area contributed by atoms with Crippen molar-refractivity contribution in [2.75, 3.05) is 0 Å². The van der Waals surface area contributed by atoms with E-state index >= 15 is 0 Å². The van der Waals surface area contributed by atoms with Crippen molar-refractivity contribution >= 4 is 5.78 Å².